The smallest absolute Gasteiger partial charge is 0.260 e. The number of thiazole rings is 1. The molecule has 4 rings (SSSR count). The number of benzene rings is 2. The van der Waals surface area contributed by atoms with Gasteiger partial charge in [0.25, 0.3) is 5.91 Å². The Labute approximate surface area is 153 Å². The van der Waals surface area contributed by atoms with Gasteiger partial charge in [-0.1, -0.05) is 35.6 Å². The minimum atomic E-state index is -0.345. The summed E-state index contributed by atoms with van der Waals surface area (Å²) in [6.45, 7) is 0.337. The molecule has 6 heteroatoms. The van der Waals surface area contributed by atoms with Gasteiger partial charge in [0.05, 0.1) is 16.8 Å². The highest BCUT2D eigenvalue weighted by Gasteiger charge is 2.21. The Kier molecular flexibility index (Phi) is 4.41. The van der Waals surface area contributed by atoms with Crippen LogP contribution >= 0.6 is 11.3 Å². The van der Waals surface area contributed by atoms with E-state index in [2.05, 4.69) is 9.97 Å². The molecule has 2 aromatic heterocycles. The molecule has 0 unspecified atom stereocenters. The average Bonchev–Trinajstić information content (AvgIpc) is 3.10. The second-order valence-corrected chi connectivity index (χ2v) is 6.74. The zero-order valence-corrected chi connectivity index (χ0v) is 14.5. The molecule has 1 amide bonds. The molecule has 2 heterocycles. The van der Waals surface area contributed by atoms with E-state index in [0.717, 1.165) is 10.3 Å². The van der Waals surface area contributed by atoms with E-state index in [1.807, 2.05) is 30.3 Å². The number of hydrogen-bond acceptors (Lipinski definition) is 4. The number of nitrogens with zero attached hydrogens (tertiary/aromatic N) is 3. The van der Waals surface area contributed by atoms with Gasteiger partial charge in [-0.05, 0) is 35.9 Å². The van der Waals surface area contributed by atoms with Crippen LogP contribution in [0.2, 0.25) is 0 Å². The molecule has 26 heavy (non-hydrogen) atoms. The fourth-order valence-corrected chi connectivity index (χ4v) is 3.58. The van der Waals surface area contributed by atoms with E-state index >= 15 is 0 Å². The van der Waals surface area contributed by atoms with Crippen molar-refractivity contribution in [3.05, 3.63) is 90.0 Å². The summed E-state index contributed by atoms with van der Waals surface area (Å²) in [4.78, 5) is 23.3. The predicted octanol–water partition coefficient (Wildman–Crippen LogP) is 4.68. The summed E-state index contributed by atoms with van der Waals surface area (Å²) in [7, 11) is 0. The van der Waals surface area contributed by atoms with Crippen LogP contribution in [0, 0.1) is 5.82 Å². The molecule has 0 spiro atoms. The maximum atomic E-state index is 13.5. The number of fused-ring (bicyclic) bond motifs is 1. The molecule has 2 aromatic carbocycles. The highest BCUT2D eigenvalue weighted by atomic mass is 32.1. The van der Waals surface area contributed by atoms with Crippen molar-refractivity contribution in [2.24, 2.45) is 0 Å². The first kappa shape index (κ1) is 16.4. The fourth-order valence-electron chi connectivity index (χ4n) is 2.64. The topological polar surface area (TPSA) is 46.1 Å². The van der Waals surface area contributed by atoms with Gasteiger partial charge in [0.1, 0.15) is 5.82 Å². The Bertz CT molecular complexity index is 1050. The normalized spacial score (nSPS) is 10.8. The molecule has 0 N–H and O–H groups in total. The van der Waals surface area contributed by atoms with Crippen LogP contribution < -0.4 is 4.90 Å². The van der Waals surface area contributed by atoms with E-state index in [-0.39, 0.29) is 11.7 Å². The Morgan fingerprint density at radius 2 is 1.92 bits per heavy atom. The number of carbonyl (C=O) groups excluding carboxylic acids is 1. The van der Waals surface area contributed by atoms with E-state index in [9.17, 15) is 9.18 Å². The second-order valence-electron chi connectivity index (χ2n) is 5.73. The lowest BCUT2D eigenvalue weighted by Crippen LogP contribution is -2.30. The van der Waals surface area contributed by atoms with Crippen LogP contribution in [0.4, 0.5) is 9.52 Å². The Hall–Kier alpha value is -3.12. The first-order valence-corrected chi connectivity index (χ1v) is 8.84. The van der Waals surface area contributed by atoms with Crippen molar-refractivity contribution >= 4 is 32.6 Å². The quantitative estimate of drug-likeness (QED) is 0.529. The number of amides is 1. The zero-order chi connectivity index (χ0) is 17.9. The van der Waals surface area contributed by atoms with Crippen molar-refractivity contribution in [2.75, 3.05) is 4.90 Å². The van der Waals surface area contributed by atoms with Gasteiger partial charge in [-0.3, -0.25) is 14.7 Å². The van der Waals surface area contributed by atoms with Crippen LogP contribution in [0.25, 0.3) is 10.2 Å². The molecular weight excluding hydrogens is 349 g/mol. The SMILES string of the molecule is O=C(c1ccccc1)N(Cc1cccnc1)c1nc2cc(F)ccc2s1. The molecule has 0 bridgehead atoms. The molecule has 128 valence electrons. The van der Waals surface area contributed by atoms with Gasteiger partial charge >= 0.3 is 0 Å². The van der Waals surface area contributed by atoms with Gasteiger partial charge in [0.15, 0.2) is 5.13 Å². The molecule has 0 fully saturated rings. The molecule has 4 aromatic rings. The van der Waals surface area contributed by atoms with Crippen molar-refractivity contribution in [1.82, 2.24) is 9.97 Å². The van der Waals surface area contributed by atoms with Crippen molar-refractivity contribution in [1.29, 1.82) is 0 Å². The highest BCUT2D eigenvalue weighted by molar-refractivity contribution is 7.22. The monoisotopic (exact) mass is 363 g/mol. The number of carbonyl (C=O) groups is 1. The van der Waals surface area contributed by atoms with Crippen LogP contribution in [-0.2, 0) is 6.54 Å². The Balaban J connectivity index is 1.77. The molecule has 0 saturated heterocycles. The zero-order valence-electron chi connectivity index (χ0n) is 13.7. The summed E-state index contributed by atoms with van der Waals surface area (Å²) in [6, 6.07) is 17.2. The van der Waals surface area contributed by atoms with Crippen molar-refractivity contribution in [2.45, 2.75) is 6.54 Å². The Morgan fingerprint density at radius 3 is 2.69 bits per heavy atom. The van der Waals surface area contributed by atoms with Crippen LogP contribution in [-0.4, -0.2) is 15.9 Å². The average molecular weight is 363 g/mol. The minimum absolute atomic E-state index is 0.158. The summed E-state index contributed by atoms with van der Waals surface area (Å²) in [5.41, 5.74) is 2.01. The molecule has 0 aliphatic carbocycles. The van der Waals surface area contributed by atoms with E-state index in [1.165, 1.54) is 23.5 Å². The number of halogens is 1. The third-order valence-electron chi connectivity index (χ3n) is 3.90. The maximum absolute atomic E-state index is 13.5. The number of pyridine rings is 1. The summed E-state index contributed by atoms with van der Waals surface area (Å²) < 4.78 is 14.3. The van der Waals surface area contributed by atoms with Crippen molar-refractivity contribution in [3.8, 4) is 0 Å². The highest BCUT2D eigenvalue weighted by Crippen LogP contribution is 2.31. The minimum Gasteiger partial charge on any atom is -0.279 e. The standard InChI is InChI=1S/C20H14FN3OS/c21-16-8-9-18-17(11-16)23-20(26-18)24(13-14-5-4-10-22-12-14)19(25)15-6-2-1-3-7-15/h1-12H,13H2. The van der Waals surface area contributed by atoms with Crippen LogP contribution in [0.15, 0.2) is 73.1 Å². The first-order valence-electron chi connectivity index (χ1n) is 8.02. The maximum Gasteiger partial charge on any atom is 0.260 e. The summed E-state index contributed by atoms with van der Waals surface area (Å²) in [5, 5.41) is 0.531. The first-order chi connectivity index (χ1) is 12.7. The molecule has 4 nitrogen and oxygen atoms in total. The molecule has 0 aliphatic rings. The van der Waals surface area contributed by atoms with Gasteiger partial charge < -0.3 is 0 Å². The number of aromatic nitrogens is 2. The molecule has 0 atom stereocenters. The molecule has 0 aliphatic heterocycles. The van der Waals surface area contributed by atoms with E-state index in [1.54, 1.807) is 35.5 Å². The number of rotatable bonds is 4. The lowest BCUT2D eigenvalue weighted by atomic mass is 10.2. The predicted molar refractivity (Wildman–Crippen MR) is 101 cm³/mol. The van der Waals surface area contributed by atoms with Gasteiger partial charge in [-0.15, -0.1) is 0 Å². The number of anilines is 1. The van der Waals surface area contributed by atoms with Crippen LogP contribution in [0.1, 0.15) is 15.9 Å². The lowest BCUT2D eigenvalue weighted by molar-refractivity contribution is 0.0985. The van der Waals surface area contributed by atoms with E-state index in [0.29, 0.717) is 22.8 Å². The third kappa shape index (κ3) is 3.32. The number of hydrogen-bond donors (Lipinski definition) is 0. The van der Waals surface area contributed by atoms with E-state index in [4.69, 9.17) is 0 Å². The summed E-state index contributed by atoms with van der Waals surface area (Å²) in [5.74, 6) is -0.503. The largest absolute Gasteiger partial charge is 0.279 e. The third-order valence-corrected chi connectivity index (χ3v) is 4.96. The van der Waals surface area contributed by atoms with E-state index < -0.39 is 0 Å². The van der Waals surface area contributed by atoms with Crippen molar-refractivity contribution < 1.29 is 9.18 Å². The van der Waals surface area contributed by atoms with Crippen LogP contribution in [0.5, 0.6) is 0 Å². The van der Waals surface area contributed by atoms with Gasteiger partial charge in [0, 0.05) is 24.0 Å². The molecule has 0 saturated carbocycles. The van der Waals surface area contributed by atoms with Gasteiger partial charge in [0.2, 0.25) is 0 Å². The second kappa shape index (κ2) is 7.01. The molecule has 0 radical (unpaired) electrons. The summed E-state index contributed by atoms with van der Waals surface area (Å²) >= 11 is 1.36. The summed E-state index contributed by atoms with van der Waals surface area (Å²) in [6.07, 6.45) is 3.41. The lowest BCUT2D eigenvalue weighted by Gasteiger charge is -2.20. The van der Waals surface area contributed by atoms with Crippen molar-refractivity contribution in [3.63, 3.8) is 0 Å². The van der Waals surface area contributed by atoms with Crippen LogP contribution in [0.3, 0.4) is 0 Å². The Morgan fingerprint density at radius 1 is 1.08 bits per heavy atom. The van der Waals surface area contributed by atoms with Gasteiger partial charge in [-0.2, -0.15) is 0 Å². The van der Waals surface area contributed by atoms with Gasteiger partial charge in [-0.25, -0.2) is 9.37 Å². The fraction of sp³-hybridized carbons (Fsp3) is 0.0500. The molecular formula is C20H14FN3OS.